The number of hydrogen-bond donors (Lipinski definition) is 4. The number of amides is 4. The van der Waals surface area contributed by atoms with E-state index in [9.17, 15) is 14.7 Å². The summed E-state index contributed by atoms with van der Waals surface area (Å²) < 4.78 is 12.8. The van der Waals surface area contributed by atoms with Crippen molar-refractivity contribution in [2.45, 2.75) is 38.7 Å². The number of aryl methyl sites for hydroxylation is 1. The maximum Gasteiger partial charge on any atom is 0.324 e. The molecule has 236 valence electrons. The van der Waals surface area contributed by atoms with Crippen molar-refractivity contribution in [3.63, 3.8) is 0 Å². The van der Waals surface area contributed by atoms with E-state index in [1.54, 1.807) is 30.0 Å². The van der Waals surface area contributed by atoms with Crippen LogP contribution < -0.4 is 25.4 Å². The maximum atomic E-state index is 13.1. The molecule has 0 bridgehead atoms. The Morgan fingerprint density at radius 3 is 2.53 bits per heavy atom. The summed E-state index contributed by atoms with van der Waals surface area (Å²) in [6.45, 7) is 2.83. The van der Waals surface area contributed by atoms with Gasteiger partial charge in [0.25, 0.3) is 0 Å². The number of unbranched alkanes of at least 4 members (excludes halogenated alkanes) is 1. The normalized spacial score (nSPS) is 14.2. The van der Waals surface area contributed by atoms with E-state index in [1.165, 1.54) is 17.2 Å². The molecule has 0 spiro atoms. The van der Waals surface area contributed by atoms with Crippen LogP contribution in [0, 0.1) is 0 Å². The second-order valence-corrected chi connectivity index (χ2v) is 11.1. The third-order valence-electron chi connectivity index (χ3n) is 7.04. The number of benzene rings is 2. The summed E-state index contributed by atoms with van der Waals surface area (Å²) in [6, 6.07) is 14.5. The number of aliphatic hydroxyl groups is 1. The number of anilines is 3. The molecule has 4 amide bonds. The number of hydrogen-bond acceptors (Lipinski definition) is 7. The van der Waals surface area contributed by atoms with Crippen LogP contribution in [0.2, 0.25) is 10.0 Å². The van der Waals surface area contributed by atoms with Crippen LogP contribution in [0.4, 0.5) is 26.9 Å². The van der Waals surface area contributed by atoms with E-state index in [0.717, 1.165) is 30.6 Å². The van der Waals surface area contributed by atoms with E-state index in [-0.39, 0.29) is 39.9 Å². The smallest absolute Gasteiger partial charge is 0.324 e. The zero-order chi connectivity index (χ0) is 31.9. The van der Waals surface area contributed by atoms with E-state index in [2.05, 4.69) is 27.9 Å². The molecular weight excluding hydrogens is 621 g/mol. The Balaban J connectivity index is 1.26. The topological polar surface area (TPSA) is 143 Å². The van der Waals surface area contributed by atoms with Crippen LogP contribution in [0.25, 0.3) is 5.69 Å². The molecule has 0 radical (unpaired) electrons. The van der Waals surface area contributed by atoms with Crippen molar-refractivity contribution in [3.05, 3.63) is 76.5 Å². The van der Waals surface area contributed by atoms with Crippen LogP contribution >= 0.6 is 23.2 Å². The van der Waals surface area contributed by atoms with Crippen LogP contribution in [0.1, 0.15) is 31.9 Å². The molecule has 0 aliphatic carbocycles. The quantitative estimate of drug-likeness (QED) is 0.145. The van der Waals surface area contributed by atoms with Crippen molar-refractivity contribution in [2.75, 3.05) is 36.1 Å². The highest BCUT2D eigenvalue weighted by atomic mass is 35.5. The fourth-order valence-electron chi connectivity index (χ4n) is 4.68. The Kier molecular flexibility index (Phi) is 10.3. The van der Waals surface area contributed by atoms with E-state index in [0.29, 0.717) is 30.3 Å². The fraction of sp³-hybridized carbons (Fsp3) is 0.290. The molecular formula is C31H33Cl2N7O5. The monoisotopic (exact) mass is 653 g/mol. The van der Waals surface area contributed by atoms with Gasteiger partial charge in [-0.25, -0.2) is 19.3 Å². The van der Waals surface area contributed by atoms with E-state index < -0.39 is 12.1 Å². The Morgan fingerprint density at radius 1 is 1.02 bits per heavy atom. The molecule has 45 heavy (non-hydrogen) atoms. The molecule has 1 unspecified atom stereocenters. The Morgan fingerprint density at radius 2 is 1.82 bits per heavy atom. The first-order valence-corrected chi connectivity index (χ1v) is 15.2. The molecule has 3 heterocycles. The molecule has 14 heteroatoms. The Bertz CT molecular complexity index is 1660. The number of ether oxygens (including phenoxy) is 2. The van der Waals surface area contributed by atoms with Crippen LogP contribution in [0.15, 0.2) is 60.8 Å². The van der Waals surface area contributed by atoms with Crippen LogP contribution in [-0.4, -0.2) is 63.1 Å². The number of halogens is 2. The van der Waals surface area contributed by atoms with Gasteiger partial charge in [0.1, 0.15) is 33.9 Å². The van der Waals surface area contributed by atoms with Gasteiger partial charge in [-0.1, -0.05) is 36.5 Å². The summed E-state index contributed by atoms with van der Waals surface area (Å²) in [5.74, 6) is 2.04. The highest BCUT2D eigenvalue weighted by Crippen LogP contribution is 2.40. The molecule has 1 atom stereocenters. The van der Waals surface area contributed by atoms with E-state index >= 15 is 0 Å². The van der Waals surface area contributed by atoms with Gasteiger partial charge in [-0.2, -0.15) is 5.10 Å². The van der Waals surface area contributed by atoms with Gasteiger partial charge < -0.3 is 24.8 Å². The lowest BCUT2D eigenvalue weighted by Gasteiger charge is -2.16. The average molecular weight is 655 g/mol. The molecule has 1 aliphatic rings. The number of urea groups is 2. The van der Waals surface area contributed by atoms with E-state index in [4.69, 9.17) is 37.8 Å². The number of pyridine rings is 1. The zero-order valence-electron chi connectivity index (χ0n) is 24.7. The Labute approximate surface area is 270 Å². The first kappa shape index (κ1) is 31.9. The lowest BCUT2D eigenvalue weighted by Crippen LogP contribution is -2.33. The molecule has 4 N–H and O–H groups in total. The van der Waals surface area contributed by atoms with E-state index in [1.807, 2.05) is 30.3 Å². The molecule has 4 aromatic rings. The van der Waals surface area contributed by atoms with Crippen molar-refractivity contribution in [3.8, 4) is 22.9 Å². The molecule has 5 rings (SSSR count). The second kappa shape index (κ2) is 14.5. The summed E-state index contributed by atoms with van der Waals surface area (Å²) in [4.78, 5) is 31.2. The van der Waals surface area contributed by atoms with Crippen LogP contribution in [-0.2, 0) is 6.42 Å². The molecule has 12 nitrogen and oxygen atoms in total. The Hall–Kier alpha value is -4.52. The number of aromatic nitrogens is 3. The van der Waals surface area contributed by atoms with Gasteiger partial charge in [0.2, 0.25) is 0 Å². The summed E-state index contributed by atoms with van der Waals surface area (Å²) in [5.41, 5.74) is 1.87. The van der Waals surface area contributed by atoms with Gasteiger partial charge in [-0.05, 0) is 61.7 Å². The lowest BCUT2D eigenvalue weighted by molar-refractivity contribution is 0.176. The average Bonchev–Trinajstić information content (AvgIpc) is 3.66. The third-order valence-corrected chi connectivity index (χ3v) is 7.91. The number of methoxy groups -OCH3 is 1. The molecule has 1 fully saturated rings. The number of nitrogens with one attached hydrogen (secondary N) is 3. The van der Waals surface area contributed by atoms with Crippen molar-refractivity contribution >= 4 is 52.6 Å². The van der Waals surface area contributed by atoms with Crippen molar-refractivity contribution in [1.82, 2.24) is 19.7 Å². The van der Waals surface area contributed by atoms with Crippen LogP contribution in [0.3, 0.4) is 0 Å². The van der Waals surface area contributed by atoms with Crippen LogP contribution in [0.5, 0.6) is 17.2 Å². The number of carbonyl (C=O) groups excluding carboxylic acids is 2. The van der Waals surface area contributed by atoms with Gasteiger partial charge in [-0.3, -0.25) is 10.6 Å². The number of likely N-dealkylation sites (tertiary alicyclic amines) is 1. The van der Waals surface area contributed by atoms with Gasteiger partial charge in [0.15, 0.2) is 0 Å². The molecule has 1 saturated heterocycles. The standard InChI is InChI=1S/C31H33Cl2N7O5/c1-3-4-5-19-16-27(40(38-19)20-6-8-22(44-2)9-7-20)37-30(42)35-24-10-11-25(29(33)28(24)32)45-23-12-14-34-26(17-23)36-31(43)39-15-13-21(41)18-39/h6-12,14,16-17,21,41H,3-5,13,15,18H2,1-2H3,(H,34,36,43)(H2,35,37,42). The number of β-amino-alcohol motifs (C(OH)–C–C–N with tert-alkyl or cyclic N) is 1. The molecule has 0 saturated carbocycles. The minimum atomic E-state index is -0.543. The fourth-order valence-corrected chi connectivity index (χ4v) is 5.09. The summed E-state index contributed by atoms with van der Waals surface area (Å²) in [5, 5.41) is 22.8. The first-order valence-electron chi connectivity index (χ1n) is 14.4. The maximum absolute atomic E-state index is 13.1. The van der Waals surface area contributed by atoms with Crippen molar-refractivity contribution in [1.29, 1.82) is 0 Å². The summed E-state index contributed by atoms with van der Waals surface area (Å²) in [7, 11) is 1.60. The van der Waals surface area contributed by atoms with Crippen molar-refractivity contribution in [2.24, 2.45) is 0 Å². The predicted molar refractivity (Wildman–Crippen MR) is 173 cm³/mol. The lowest BCUT2D eigenvalue weighted by atomic mass is 10.2. The largest absolute Gasteiger partial charge is 0.497 e. The number of aliphatic hydroxyl groups excluding tert-OH is 1. The zero-order valence-corrected chi connectivity index (χ0v) is 26.2. The third kappa shape index (κ3) is 7.96. The number of rotatable bonds is 10. The minimum absolute atomic E-state index is 0.0757. The second-order valence-electron chi connectivity index (χ2n) is 10.4. The summed E-state index contributed by atoms with van der Waals surface area (Å²) >= 11 is 13.1. The van der Waals surface area contributed by atoms with Crippen molar-refractivity contribution < 1.29 is 24.2 Å². The van der Waals surface area contributed by atoms with Gasteiger partial charge in [-0.15, -0.1) is 0 Å². The first-order chi connectivity index (χ1) is 21.7. The van der Waals surface area contributed by atoms with Gasteiger partial charge in [0.05, 0.1) is 35.3 Å². The molecule has 2 aromatic heterocycles. The number of nitrogens with zero attached hydrogens (tertiary/aromatic N) is 4. The predicted octanol–water partition coefficient (Wildman–Crippen LogP) is 6.96. The highest BCUT2D eigenvalue weighted by Gasteiger charge is 2.25. The van der Waals surface area contributed by atoms with Gasteiger partial charge in [0, 0.05) is 31.4 Å². The molecule has 1 aliphatic heterocycles. The number of carbonyl (C=O) groups is 2. The van der Waals surface area contributed by atoms with Gasteiger partial charge >= 0.3 is 12.1 Å². The SMILES string of the molecule is CCCCc1cc(NC(=O)Nc2ccc(Oc3ccnc(NC(=O)N4CCC(O)C4)c3)c(Cl)c2Cl)n(-c2ccc(OC)cc2)n1. The minimum Gasteiger partial charge on any atom is -0.497 e. The molecule has 2 aromatic carbocycles. The summed E-state index contributed by atoms with van der Waals surface area (Å²) in [6.07, 6.45) is 4.23. The highest BCUT2D eigenvalue weighted by molar-refractivity contribution is 6.45.